The predicted molar refractivity (Wildman–Crippen MR) is 87.4 cm³/mol. The van der Waals surface area contributed by atoms with Gasteiger partial charge in [-0.1, -0.05) is 74.4 Å². The summed E-state index contributed by atoms with van der Waals surface area (Å²) < 4.78 is 0. The van der Waals surface area contributed by atoms with Crippen LogP contribution in [0.4, 0.5) is 0 Å². The average Bonchev–Trinajstić information content (AvgIpc) is 2.25. The Morgan fingerprint density at radius 3 is 1.26 bits per heavy atom. The van der Waals surface area contributed by atoms with Crippen molar-refractivity contribution < 1.29 is 0 Å². The molecule has 108 valence electrons. The normalized spacial score (nSPS) is 12.8. The van der Waals surface area contributed by atoms with Crippen LogP contribution in [-0.2, 0) is 5.41 Å². The Hall–Kier alpha value is -0.780. The Morgan fingerprint density at radius 2 is 1.05 bits per heavy atom. The van der Waals surface area contributed by atoms with Crippen molar-refractivity contribution in [3.8, 4) is 0 Å². The van der Waals surface area contributed by atoms with E-state index in [0.29, 0.717) is 17.8 Å². The maximum atomic E-state index is 2.45. The lowest BCUT2D eigenvalue weighted by Gasteiger charge is -2.28. The van der Waals surface area contributed by atoms with Crippen LogP contribution >= 0.6 is 0 Å². The zero-order valence-electron chi connectivity index (χ0n) is 14.4. The molecular weight excluding hydrogens is 228 g/mol. The number of hydrogen-bond acceptors (Lipinski definition) is 0. The molecule has 1 aromatic rings. The van der Waals surface area contributed by atoms with E-state index in [9.17, 15) is 0 Å². The highest BCUT2D eigenvalue weighted by molar-refractivity contribution is 5.46. The number of hydrogen-bond donors (Lipinski definition) is 0. The quantitative estimate of drug-likeness (QED) is 0.593. The van der Waals surface area contributed by atoms with Gasteiger partial charge >= 0.3 is 0 Å². The Bertz CT molecular complexity index is 399. The van der Waals surface area contributed by atoms with Crippen LogP contribution in [0.15, 0.2) is 12.1 Å². The summed E-state index contributed by atoms with van der Waals surface area (Å²) in [5, 5.41) is 0. The van der Waals surface area contributed by atoms with Crippen molar-refractivity contribution in [1.29, 1.82) is 0 Å². The van der Waals surface area contributed by atoms with Crippen molar-refractivity contribution in [3.63, 3.8) is 0 Å². The minimum atomic E-state index is 0.225. The molecule has 0 unspecified atom stereocenters. The number of rotatable bonds is 3. The molecule has 0 heteroatoms. The predicted octanol–water partition coefficient (Wildman–Crippen LogP) is 6.35. The molecule has 0 N–H and O–H groups in total. The lowest BCUT2D eigenvalue weighted by atomic mass is 9.77. The minimum Gasteiger partial charge on any atom is -0.0587 e. The van der Waals surface area contributed by atoms with E-state index < -0.39 is 0 Å². The van der Waals surface area contributed by atoms with Crippen molar-refractivity contribution in [3.05, 3.63) is 34.4 Å². The van der Waals surface area contributed by atoms with Gasteiger partial charge < -0.3 is 0 Å². The first-order valence-corrected chi connectivity index (χ1v) is 7.73. The molecule has 1 rings (SSSR count). The molecule has 0 aliphatic rings. The zero-order valence-corrected chi connectivity index (χ0v) is 14.4. The highest BCUT2D eigenvalue weighted by atomic mass is 14.3. The molecule has 0 saturated carbocycles. The summed E-state index contributed by atoms with van der Waals surface area (Å²) in [6, 6.07) is 4.90. The first kappa shape index (κ1) is 16.3. The van der Waals surface area contributed by atoms with E-state index in [2.05, 4.69) is 74.4 Å². The SMILES string of the molecule is CC(C)c1cc(C(C)(C)C)cc(C(C)C)c1C(C)C. The number of benzene rings is 1. The van der Waals surface area contributed by atoms with Crippen molar-refractivity contribution >= 4 is 0 Å². The average molecular weight is 260 g/mol. The summed E-state index contributed by atoms with van der Waals surface area (Å²) in [7, 11) is 0. The smallest absolute Gasteiger partial charge is 0.0132 e. The van der Waals surface area contributed by atoms with E-state index in [1.54, 1.807) is 16.7 Å². The summed E-state index contributed by atoms with van der Waals surface area (Å²) in [5.74, 6) is 1.79. The van der Waals surface area contributed by atoms with Crippen LogP contribution in [0, 0.1) is 0 Å². The zero-order chi connectivity index (χ0) is 15.0. The van der Waals surface area contributed by atoms with Gasteiger partial charge in [-0.25, -0.2) is 0 Å². The van der Waals surface area contributed by atoms with E-state index in [1.165, 1.54) is 5.56 Å². The molecule has 0 atom stereocenters. The van der Waals surface area contributed by atoms with Crippen LogP contribution in [0.3, 0.4) is 0 Å². The van der Waals surface area contributed by atoms with Crippen molar-refractivity contribution in [2.24, 2.45) is 0 Å². The third-order valence-electron chi connectivity index (χ3n) is 3.93. The Balaban J connectivity index is 3.63. The van der Waals surface area contributed by atoms with E-state index in [4.69, 9.17) is 0 Å². The lowest BCUT2D eigenvalue weighted by molar-refractivity contribution is 0.584. The fourth-order valence-corrected chi connectivity index (χ4v) is 2.75. The van der Waals surface area contributed by atoms with Crippen molar-refractivity contribution in [2.45, 2.75) is 85.5 Å². The van der Waals surface area contributed by atoms with Crippen LogP contribution in [-0.4, -0.2) is 0 Å². The summed E-state index contributed by atoms with van der Waals surface area (Å²) in [6.45, 7) is 20.8. The first-order chi connectivity index (χ1) is 8.55. The van der Waals surface area contributed by atoms with Gasteiger partial charge in [-0.15, -0.1) is 0 Å². The molecule has 0 bridgehead atoms. The summed E-state index contributed by atoms with van der Waals surface area (Å²) in [4.78, 5) is 0. The third kappa shape index (κ3) is 3.61. The van der Waals surface area contributed by atoms with Gasteiger partial charge in [0.1, 0.15) is 0 Å². The van der Waals surface area contributed by atoms with Gasteiger partial charge in [0, 0.05) is 0 Å². The molecule has 0 fully saturated rings. The van der Waals surface area contributed by atoms with E-state index in [-0.39, 0.29) is 5.41 Å². The standard InChI is InChI=1S/C19H32/c1-12(2)16-10-15(19(7,8)9)11-17(13(3)4)18(16)14(5)6/h10-14H,1-9H3. The molecule has 0 radical (unpaired) electrons. The molecule has 0 aliphatic heterocycles. The molecule has 0 spiro atoms. The highest BCUT2D eigenvalue weighted by Crippen LogP contribution is 2.37. The Labute approximate surface area is 120 Å². The fraction of sp³-hybridized carbons (Fsp3) is 0.684. The fourth-order valence-electron chi connectivity index (χ4n) is 2.75. The molecule has 0 amide bonds. The lowest BCUT2D eigenvalue weighted by Crippen LogP contribution is -2.15. The molecule has 19 heavy (non-hydrogen) atoms. The largest absolute Gasteiger partial charge is 0.0587 e. The van der Waals surface area contributed by atoms with Crippen molar-refractivity contribution in [1.82, 2.24) is 0 Å². The molecule has 0 heterocycles. The van der Waals surface area contributed by atoms with Gasteiger partial charge in [-0.05, 0) is 45.4 Å². The van der Waals surface area contributed by atoms with Gasteiger partial charge in [-0.2, -0.15) is 0 Å². The van der Waals surface area contributed by atoms with Crippen molar-refractivity contribution in [2.75, 3.05) is 0 Å². The third-order valence-corrected chi connectivity index (χ3v) is 3.93. The highest BCUT2D eigenvalue weighted by Gasteiger charge is 2.22. The van der Waals surface area contributed by atoms with Crippen LogP contribution in [0.1, 0.15) is 102 Å². The topological polar surface area (TPSA) is 0 Å². The summed E-state index contributed by atoms with van der Waals surface area (Å²) in [5.41, 5.74) is 6.38. The van der Waals surface area contributed by atoms with E-state index in [1.807, 2.05) is 0 Å². The Kier molecular flexibility index (Phi) is 4.87. The molecule has 1 aromatic carbocycles. The minimum absolute atomic E-state index is 0.225. The summed E-state index contributed by atoms with van der Waals surface area (Å²) in [6.07, 6.45) is 0. The molecule has 0 aliphatic carbocycles. The maximum absolute atomic E-state index is 2.45. The van der Waals surface area contributed by atoms with Gasteiger partial charge in [0.25, 0.3) is 0 Å². The van der Waals surface area contributed by atoms with Crippen LogP contribution in [0.5, 0.6) is 0 Å². The van der Waals surface area contributed by atoms with Gasteiger partial charge in [0.2, 0.25) is 0 Å². The second-order valence-corrected chi connectivity index (χ2v) is 7.78. The van der Waals surface area contributed by atoms with E-state index >= 15 is 0 Å². The molecule has 0 nitrogen and oxygen atoms in total. The van der Waals surface area contributed by atoms with Crippen LogP contribution < -0.4 is 0 Å². The second-order valence-electron chi connectivity index (χ2n) is 7.78. The van der Waals surface area contributed by atoms with Gasteiger partial charge in [0.05, 0.1) is 0 Å². The Morgan fingerprint density at radius 1 is 0.684 bits per heavy atom. The van der Waals surface area contributed by atoms with Gasteiger partial charge in [-0.3, -0.25) is 0 Å². The van der Waals surface area contributed by atoms with Gasteiger partial charge in [0.15, 0.2) is 0 Å². The molecular formula is C19H32. The van der Waals surface area contributed by atoms with E-state index in [0.717, 1.165) is 0 Å². The first-order valence-electron chi connectivity index (χ1n) is 7.73. The maximum Gasteiger partial charge on any atom is -0.0132 e. The van der Waals surface area contributed by atoms with Crippen LogP contribution in [0.2, 0.25) is 0 Å². The summed E-state index contributed by atoms with van der Waals surface area (Å²) >= 11 is 0. The second kappa shape index (κ2) is 5.69. The molecule has 0 aromatic heterocycles. The van der Waals surface area contributed by atoms with Crippen LogP contribution in [0.25, 0.3) is 0 Å². The molecule has 0 saturated heterocycles. The monoisotopic (exact) mass is 260 g/mol.